The van der Waals surface area contributed by atoms with Gasteiger partial charge in [-0.2, -0.15) is 18.3 Å². The molecular formula is C13H11BrF3N3O2. The third-order valence-electron chi connectivity index (χ3n) is 2.80. The van der Waals surface area contributed by atoms with Crippen LogP contribution in [0.3, 0.4) is 0 Å². The number of anilines is 1. The van der Waals surface area contributed by atoms with Crippen molar-refractivity contribution in [3.63, 3.8) is 0 Å². The van der Waals surface area contributed by atoms with Crippen molar-refractivity contribution in [2.24, 2.45) is 7.05 Å². The molecule has 0 aliphatic carbocycles. The fourth-order valence-electron chi connectivity index (χ4n) is 1.84. The molecule has 0 unspecified atom stereocenters. The van der Waals surface area contributed by atoms with Gasteiger partial charge in [-0.1, -0.05) is 6.07 Å². The number of hydrogen-bond donors (Lipinski definition) is 1. The molecule has 5 nitrogen and oxygen atoms in total. The van der Waals surface area contributed by atoms with Crippen molar-refractivity contribution in [3.8, 4) is 5.75 Å². The zero-order valence-electron chi connectivity index (χ0n) is 11.5. The van der Waals surface area contributed by atoms with E-state index in [1.54, 1.807) is 24.3 Å². The summed E-state index contributed by atoms with van der Waals surface area (Å²) in [6.45, 7) is 0. The van der Waals surface area contributed by atoms with Gasteiger partial charge >= 0.3 is 6.18 Å². The number of nitrogens with one attached hydrogen (secondary N) is 1. The van der Waals surface area contributed by atoms with Crippen molar-refractivity contribution < 1.29 is 22.7 Å². The quantitative estimate of drug-likeness (QED) is 0.890. The summed E-state index contributed by atoms with van der Waals surface area (Å²) >= 11 is 2.79. The van der Waals surface area contributed by atoms with Crippen molar-refractivity contribution in [2.45, 2.75) is 6.18 Å². The number of methoxy groups -OCH3 is 1. The van der Waals surface area contributed by atoms with Crippen LogP contribution in [0, 0.1) is 0 Å². The van der Waals surface area contributed by atoms with Crippen molar-refractivity contribution in [1.29, 1.82) is 0 Å². The Morgan fingerprint density at radius 1 is 1.41 bits per heavy atom. The lowest BCUT2D eigenvalue weighted by Crippen LogP contribution is -2.13. The van der Waals surface area contributed by atoms with E-state index in [-0.39, 0.29) is 5.69 Å². The van der Waals surface area contributed by atoms with Crippen LogP contribution in [0.1, 0.15) is 16.2 Å². The van der Waals surface area contributed by atoms with Crippen LogP contribution < -0.4 is 10.1 Å². The summed E-state index contributed by atoms with van der Waals surface area (Å²) in [5.41, 5.74) is -0.989. The number of alkyl halides is 3. The first-order chi connectivity index (χ1) is 10.2. The van der Waals surface area contributed by atoms with E-state index in [1.807, 2.05) is 0 Å². The highest BCUT2D eigenvalue weighted by atomic mass is 79.9. The van der Waals surface area contributed by atoms with Crippen LogP contribution in [0.4, 0.5) is 18.9 Å². The Kier molecular flexibility index (Phi) is 4.45. The lowest BCUT2D eigenvalue weighted by molar-refractivity contribution is -0.144. The number of aromatic nitrogens is 2. The van der Waals surface area contributed by atoms with Crippen LogP contribution in [0.15, 0.2) is 28.7 Å². The molecule has 0 radical (unpaired) electrons. The first kappa shape index (κ1) is 16.3. The molecular weight excluding hydrogens is 367 g/mol. The van der Waals surface area contributed by atoms with Crippen LogP contribution in [0.25, 0.3) is 0 Å². The Balaban J connectivity index is 2.31. The van der Waals surface area contributed by atoms with E-state index >= 15 is 0 Å². The maximum absolute atomic E-state index is 12.9. The number of amides is 1. The average Bonchev–Trinajstić information content (AvgIpc) is 2.74. The molecule has 1 N–H and O–H groups in total. The summed E-state index contributed by atoms with van der Waals surface area (Å²) in [5, 5.41) is 6.10. The monoisotopic (exact) mass is 377 g/mol. The van der Waals surface area contributed by atoms with E-state index < -0.39 is 22.3 Å². The van der Waals surface area contributed by atoms with E-state index in [4.69, 9.17) is 4.74 Å². The molecule has 118 valence electrons. The molecule has 0 spiro atoms. The van der Waals surface area contributed by atoms with E-state index in [2.05, 4.69) is 26.3 Å². The number of aryl methyl sites for hydroxylation is 1. The van der Waals surface area contributed by atoms with Crippen LogP contribution >= 0.6 is 15.9 Å². The molecule has 0 bridgehead atoms. The van der Waals surface area contributed by atoms with Gasteiger partial charge in [0.25, 0.3) is 5.91 Å². The first-order valence-electron chi connectivity index (χ1n) is 5.99. The lowest BCUT2D eigenvalue weighted by Gasteiger charge is -2.07. The van der Waals surface area contributed by atoms with Crippen molar-refractivity contribution >= 4 is 27.5 Å². The minimum Gasteiger partial charge on any atom is -0.497 e. The fraction of sp³-hybridized carbons (Fsp3) is 0.231. The predicted octanol–water partition coefficient (Wildman–Crippen LogP) is 3.46. The maximum Gasteiger partial charge on any atom is 0.434 e. The van der Waals surface area contributed by atoms with Crippen LogP contribution in [-0.2, 0) is 13.2 Å². The molecule has 0 aliphatic heterocycles. The summed E-state index contributed by atoms with van der Waals surface area (Å²) < 4.78 is 43.8. The second-order valence-electron chi connectivity index (χ2n) is 4.32. The van der Waals surface area contributed by atoms with Gasteiger partial charge in [-0.3, -0.25) is 9.48 Å². The number of halogens is 4. The number of ether oxygens (including phenoxy) is 1. The summed E-state index contributed by atoms with van der Waals surface area (Å²) in [7, 11) is 2.59. The largest absolute Gasteiger partial charge is 0.497 e. The van der Waals surface area contributed by atoms with E-state index in [9.17, 15) is 18.0 Å². The third kappa shape index (κ3) is 3.24. The average molecular weight is 378 g/mol. The number of nitrogens with zero attached hydrogens (tertiary/aromatic N) is 2. The highest BCUT2D eigenvalue weighted by Crippen LogP contribution is 2.36. The van der Waals surface area contributed by atoms with Gasteiger partial charge in [0, 0.05) is 18.8 Å². The van der Waals surface area contributed by atoms with Gasteiger partial charge < -0.3 is 10.1 Å². The van der Waals surface area contributed by atoms with Gasteiger partial charge in [0.1, 0.15) is 5.75 Å². The van der Waals surface area contributed by atoms with Crippen LogP contribution in [-0.4, -0.2) is 22.8 Å². The molecule has 0 fully saturated rings. The third-order valence-corrected chi connectivity index (χ3v) is 3.55. The summed E-state index contributed by atoms with van der Waals surface area (Å²) in [4.78, 5) is 12.1. The highest BCUT2D eigenvalue weighted by molar-refractivity contribution is 9.10. The van der Waals surface area contributed by atoms with E-state index in [0.29, 0.717) is 16.1 Å². The standard InChI is InChI=1S/C13H11BrF3N3O2/c1-20-11(13(15,16)17)9(14)10(19-20)12(21)18-7-4-3-5-8(6-7)22-2/h3-6H,1-2H3,(H,18,21). The molecule has 0 saturated carbocycles. The van der Waals surface area contributed by atoms with Gasteiger partial charge in [-0.15, -0.1) is 0 Å². The second-order valence-corrected chi connectivity index (χ2v) is 5.11. The van der Waals surface area contributed by atoms with Crippen LogP contribution in [0.2, 0.25) is 0 Å². The highest BCUT2D eigenvalue weighted by Gasteiger charge is 2.39. The number of carbonyl (C=O) groups is 1. The molecule has 0 aliphatic rings. The molecule has 1 aromatic carbocycles. The van der Waals surface area contributed by atoms with Crippen molar-refractivity contribution in [1.82, 2.24) is 9.78 Å². The Morgan fingerprint density at radius 3 is 2.64 bits per heavy atom. The van der Waals surface area contributed by atoms with Gasteiger partial charge in [-0.05, 0) is 28.1 Å². The Bertz CT molecular complexity index is 713. The molecule has 0 atom stereocenters. The molecule has 0 saturated heterocycles. The fourth-order valence-corrected chi connectivity index (χ4v) is 2.58. The van der Waals surface area contributed by atoms with Gasteiger partial charge in [0.05, 0.1) is 11.6 Å². The molecule has 1 aromatic heterocycles. The summed E-state index contributed by atoms with van der Waals surface area (Å²) in [6.07, 6.45) is -4.62. The SMILES string of the molecule is COc1cccc(NC(=O)c2nn(C)c(C(F)(F)F)c2Br)c1. The zero-order valence-corrected chi connectivity index (χ0v) is 13.1. The van der Waals surface area contributed by atoms with Gasteiger partial charge in [0.2, 0.25) is 0 Å². The van der Waals surface area contributed by atoms with Gasteiger partial charge in [0.15, 0.2) is 11.4 Å². The smallest absolute Gasteiger partial charge is 0.434 e. The molecule has 2 rings (SSSR count). The molecule has 1 amide bonds. The van der Waals surface area contributed by atoms with Crippen LogP contribution in [0.5, 0.6) is 5.75 Å². The Labute approximate surface area is 132 Å². The number of carbonyl (C=O) groups excluding carboxylic acids is 1. The lowest BCUT2D eigenvalue weighted by atomic mass is 10.2. The zero-order chi connectivity index (χ0) is 16.5. The Morgan fingerprint density at radius 2 is 2.09 bits per heavy atom. The number of benzene rings is 1. The second kappa shape index (κ2) is 5.99. The molecule has 9 heteroatoms. The number of hydrogen-bond acceptors (Lipinski definition) is 3. The predicted molar refractivity (Wildman–Crippen MR) is 76.9 cm³/mol. The summed E-state index contributed by atoms with van der Waals surface area (Å²) in [6, 6.07) is 6.44. The molecule has 2 aromatic rings. The first-order valence-corrected chi connectivity index (χ1v) is 6.78. The summed E-state index contributed by atoms with van der Waals surface area (Å²) in [5.74, 6) is -0.250. The minimum atomic E-state index is -4.62. The Hall–Kier alpha value is -2.03. The van der Waals surface area contributed by atoms with Gasteiger partial charge in [-0.25, -0.2) is 0 Å². The van der Waals surface area contributed by atoms with Crippen molar-refractivity contribution in [2.75, 3.05) is 12.4 Å². The number of rotatable bonds is 3. The maximum atomic E-state index is 12.9. The normalized spacial score (nSPS) is 11.4. The topological polar surface area (TPSA) is 56.1 Å². The van der Waals surface area contributed by atoms with E-state index in [0.717, 1.165) is 7.05 Å². The van der Waals surface area contributed by atoms with E-state index in [1.165, 1.54) is 7.11 Å². The minimum absolute atomic E-state index is 0.349. The van der Waals surface area contributed by atoms with Crippen molar-refractivity contribution in [3.05, 3.63) is 40.1 Å². The molecule has 1 heterocycles. The molecule has 22 heavy (non-hydrogen) atoms.